The Balaban J connectivity index is 1.44. The Morgan fingerprint density at radius 3 is 2.35 bits per heavy atom. The van der Waals surface area contributed by atoms with Crippen molar-refractivity contribution in [1.82, 2.24) is 15.8 Å². The fraction of sp³-hybridized carbons (Fsp3) is 0.611. The highest BCUT2D eigenvalue weighted by molar-refractivity contribution is 5.95. The zero-order valence-electron chi connectivity index (χ0n) is 13.5. The fourth-order valence-electron chi connectivity index (χ4n) is 5.81. The molecule has 122 valence electrons. The molecule has 4 aliphatic rings. The van der Waals surface area contributed by atoms with E-state index in [4.69, 9.17) is 0 Å². The zero-order valence-corrected chi connectivity index (χ0v) is 13.5. The minimum absolute atomic E-state index is 0.000214. The summed E-state index contributed by atoms with van der Waals surface area (Å²) in [5, 5.41) is 0. The van der Waals surface area contributed by atoms with Gasteiger partial charge in [-0.1, -0.05) is 6.92 Å². The number of hydrogen-bond acceptors (Lipinski definition) is 3. The van der Waals surface area contributed by atoms with Crippen LogP contribution < -0.4 is 10.9 Å². The summed E-state index contributed by atoms with van der Waals surface area (Å²) < 4.78 is 0. The number of carbonyl (C=O) groups excluding carboxylic acids is 2. The van der Waals surface area contributed by atoms with Gasteiger partial charge in [0.25, 0.3) is 5.91 Å². The van der Waals surface area contributed by atoms with Gasteiger partial charge in [-0.3, -0.25) is 25.4 Å². The Bertz CT molecular complexity index is 629. The molecule has 1 aromatic heterocycles. The lowest BCUT2D eigenvalue weighted by Gasteiger charge is -2.60. The molecular formula is C18H23N3O2. The monoisotopic (exact) mass is 313 g/mol. The third-order valence-electron chi connectivity index (χ3n) is 6.07. The first kappa shape index (κ1) is 14.7. The maximum Gasteiger partial charge on any atom is 0.269 e. The van der Waals surface area contributed by atoms with Crippen LogP contribution in [0.1, 0.15) is 55.8 Å². The number of nitrogens with zero attached hydrogens (tertiary/aromatic N) is 1. The van der Waals surface area contributed by atoms with E-state index in [1.165, 1.54) is 19.3 Å². The summed E-state index contributed by atoms with van der Waals surface area (Å²) in [6.45, 7) is 2.34. The second kappa shape index (κ2) is 5.05. The van der Waals surface area contributed by atoms with Crippen LogP contribution in [0, 0.1) is 22.7 Å². The number of pyridine rings is 1. The molecule has 4 fully saturated rings. The molecule has 0 aliphatic heterocycles. The predicted octanol–water partition coefficient (Wildman–Crippen LogP) is 2.45. The molecule has 2 amide bonds. The van der Waals surface area contributed by atoms with Crippen molar-refractivity contribution in [2.75, 3.05) is 0 Å². The van der Waals surface area contributed by atoms with Crippen molar-refractivity contribution in [3.05, 3.63) is 30.1 Å². The van der Waals surface area contributed by atoms with Gasteiger partial charge in [-0.15, -0.1) is 0 Å². The van der Waals surface area contributed by atoms with E-state index in [1.807, 2.05) is 0 Å². The quantitative estimate of drug-likeness (QED) is 0.824. The number of hydrazine groups is 1. The topological polar surface area (TPSA) is 71.1 Å². The largest absolute Gasteiger partial charge is 0.273 e. The molecule has 2 atom stereocenters. The smallest absolute Gasteiger partial charge is 0.269 e. The summed E-state index contributed by atoms with van der Waals surface area (Å²) in [6, 6.07) is 3.26. The normalized spacial score (nSPS) is 37.4. The molecule has 0 saturated heterocycles. The molecule has 0 spiro atoms. The van der Waals surface area contributed by atoms with Crippen LogP contribution in [0.2, 0.25) is 0 Å². The summed E-state index contributed by atoms with van der Waals surface area (Å²) in [5.41, 5.74) is 5.81. The first-order chi connectivity index (χ1) is 11.0. The predicted molar refractivity (Wildman–Crippen MR) is 85.1 cm³/mol. The Hall–Kier alpha value is -1.91. The number of amides is 2. The van der Waals surface area contributed by atoms with Gasteiger partial charge in [-0.2, -0.15) is 0 Å². The van der Waals surface area contributed by atoms with Gasteiger partial charge < -0.3 is 0 Å². The number of rotatable bonds is 2. The van der Waals surface area contributed by atoms with Crippen molar-refractivity contribution in [3.8, 4) is 0 Å². The van der Waals surface area contributed by atoms with E-state index in [0.29, 0.717) is 22.8 Å². The molecule has 4 saturated carbocycles. The molecule has 0 aromatic carbocycles. The molecule has 4 bridgehead atoms. The Morgan fingerprint density at radius 1 is 1.09 bits per heavy atom. The van der Waals surface area contributed by atoms with Crippen molar-refractivity contribution in [1.29, 1.82) is 0 Å². The minimum Gasteiger partial charge on any atom is -0.273 e. The van der Waals surface area contributed by atoms with E-state index in [9.17, 15) is 9.59 Å². The lowest BCUT2D eigenvalue weighted by atomic mass is 9.44. The lowest BCUT2D eigenvalue weighted by molar-refractivity contribution is -0.156. The molecule has 2 N–H and O–H groups in total. The third kappa shape index (κ3) is 2.52. The molecule has 5 nitrogen and oxygen atoms in total. The SMILES string of the molecule is CC12CC3CC(C1)CC(C(=O)NNC(=O)c1ccncc1)(C3)C2. The van der Waals surface area contributed by atoms with E-state index >= 15 is 0 Å². The van der Waals surface area contributed by atoms with Gasteiger partial charge in [-0.25, -0.2) is 0 Å². The van der Waals surface area contributed by atoms with Crippen LogP contribution in [-0.4, -0.2) is 16.8 Å². The van der Waals surface area contributed by atoms with E-state index < -0.39 is 0 Å². The standard InChI is InChI=1S/C18H23N3O2/c1-17-7-12-6-13(8-17)10-18(9-12,11-17)16(23)21-20-15(22)14-2-4-19-5-3-14/h2-5,12-13H,6-11H2,1H3,(H,20,22)(H,21,23). The fourth-order valence-corrected chi connectivity index (χ4v) is 5.81. The summed E-state index contributed by atoms with van der Waals surface area (Å²) in [5.74, 6) is 1.07. The summed E-state index contributed by atoms with van der Waals surface area (Å²) in [6.07, 6.45) is 9.88. The Labute approximate surface area is 136 Å². The number of aromatic nitrogens is 1. The summed E-state index contributed by atoms with van der Waals surface area (Å²) >= 11 is 0. The van der Waals surface area contributed by atoms with Gasteiger partial charge in [0.2, 0.25) is 5.91 Å². The molecule has 5 heteroatoms. The van der Waals surface area contributed by atoms with Crippen molar-refractivity contribution in [3.63, 3.8) is 0 Å². The van der Waals surface area contributed by atoms with Gasteiger partial charge >= 0.3 is 0 Å². The summed E-state index contributed by atoms with van der Waals surface area (Å²) in [7, 11) is 0. The van der Waals surface area contributed by atoms with Crippen LogP contribution in [0.15, 0.2) is 24.5 Å². The highest BCUT2D eigenvalue weighted by atomic mass is 16.2. The molecule has 5 rings (SSSR count). The van der Waals surface area contributed by atoms with Crippen molar-refractivity contribution < 1.29 is 9.59 Å². The Kier molecular flexibility index (Phi) is 3.22. The second-order valence-corrected chi connectivity index (χ2v) is 8.20. The minimum atomic E-state index is -0.295. The van der Waals surface area contributed by atoms with Crippen LogP contribution in [0.4, 0.5) is 0 Å². The average Bonchev–Trinajstić information content (AvgIpc) is 2.50. The van der Waals surface area contributed by atoms with Crippen LogP contribution in [0.5, 0.6) is 0 Å². The van der Waals surface area contributed by atoms with E-state index in [1.54, 1.807) is 24.5 Å². The van der Waals surface area contributed by atoms with E-state index in [0.717, 1.165) is 19.3 Å². The molecule has 0 radical (unpaired) electrons. The van der Waals surface area contributed by atoms with Gasteiger partial charge in [0, 0.05) is 18.0 Å². The first-order valence-electron chi connectivity index (χ1n) is 8.49. The van der Waals surface area contributed by atoms with Crippen molar-refractivity contribution >= 4 is 11.8 Å². The van der Waals surface area contributed by atoms with Gasteiger partial charge in [0.15, 0.2) is 0 Å². The average molecular weight is 313 g/mol. The van der Waals surface area contributed by atoms with Gasteiger partial charge in [0.1, 0.15) is 0 Å². The van der Waals surface area contributed by atoms with Crippen molar-refractivity contribution in [2.24, 2.45) is 22.7 Å². The second-order valence-electron chi connectivity index (χ2n) is 8.20. The summed E-state index contributed by atoms with van der Waals surface area (Å²) in [4.78, 5) is 28.8. The van der Waals surface area contributed by atoms with Crippen LogP contribution in [0.3, 0.4) is 0 Å². The maximum absolute atomic E-state index is 12.8. The lowest BCUT2D eigenvalue weighted by Crippen LogP contribution is -2.59. The van der Waals surface area contributed by atoms with Crippen LogP contribution in [0.25, 0.3) is 0 Å². The zero-order chi connectivity index (χ0) is 16.1. The van der Waals surface area contributed by atoms with E-state index in [2.05, 4.69) is 22.8 Å². The number of hydrogen-bond donors (Lipinski definition) is 2. The molecule has 2 unspecified atom stereocenters. The maximum atomic E-state index is 12.8. The number of nitrogens with one attached hydrogen (secondary N) is 2. The third-order valence-corrected chi connectivity index (χ3v) is 6.07. The highest BCUT2D eigenvalue weighted by Gasteiger charge is 2.58. The van der Waals surface area contributed by atoms with Crippen LogP contribution >= 0.6 is 0 Å². The molecule has 1 aromatic rings. The first-order valence-corrected chi connectivity index (χ1v) is 8.49. The Morgan fingerprint density at radius 2 is 1.74 bits per heavy atom. The van der Waals surface area contributed by atoms with Crippen molar-refractivity contribution in [2.45, 2.75) is 45.4 Å². The molecule has 1 heterocycles. The highest BCUT2D eigenvalue weighted by Crippen LogP contribution is 2.65. The van der Waals surface area contributed by atoms with Gasteiger partial charge in [-0.05, 0) is 67.9 Å². The molecule has 4 aliphatic carbocycles. The van der Waals surface area contributed by atoms with E-state index in [-0.39, 0.29) is 17.2 Å². The van der Waals surface area contributed by atoms with Crippen LogP contribution in [-0.2, 0) is 4.79 Å². The molecule has 23 heavy (non-hydrogen) atoms. The molecular weight excluding hydrogens is 290 g/mol. The number of carbonyl (C=O) groups is 2. The van der Waals surface area contributed by atoms with Gasteiger partial charge in [0.05, 0.1) is 5.41 Å².